The highest BCUT2D eigenvalue weighted by Crippen LogP contribution is 2.06. The van der Waals surface area contributed by atoms with Crippen molar-refractivity contribution in [1.29, 1.82) is 0 Å². The van der Waals surface area contributed by atoms with Crippen LogP contribution in [-0.2, 0) is 0 Å². The van der Waals surface area contributed by atoms with Crippen molar-refractivity contribution in [2.75, 3.05) is 6.61 Å². The molecule has 0 aliphatic carbocycles. The lowest BCUT2D eigenvalue weighted by Gasteiger charge is -2.05. The molecule has 0 aromatic rings. The van der Waals surface area contributed by atoms with E-state index in [0.29, 0.717) is 12.8 Å². The summed E-state index contributed by atoms with van der Waals surface area (Å²) in [6, 6.07) is 0. The number of aliphatic hydroxyl groups is 2. The molecule has 0 saturated carbocycles. The lowest BCUT2D eigenvalue weighted by atomic mass is 10.1. The van der Waals surface area contributed by atoms with Crippen LogP contribution in [0.1, 0.15) is 12.8 Å². The molecule has 0 saturated heterocycles. The van der Waals surface area contributed by atoms with Gasteiger partial charge in [-0.05, 0) is 12.8 Å². The van der Waals surface area contributed by atoms with Crippen LogP contribution >= 0.6 is 0 Å². The molecule has 0 aromatic heterocycles. The Kier molecular flexibility index (Phi) is 4.89. The molecule has 1 atom stereocenters. The summed E-state index contributed by atoms with van der Waals surface area (Å²) in [5, 5.41) is 17.4. The van der Waals surface area contributed by atoms with Crippen molar-refractivity contribution >= 4 is 0 Å². The first-order valence-electron chi connectivity index (χ1n) is 3.28. The Balaban J connectivity index is 3.46. The van der Waals surface area contributed by atoms with Crippen molar-refractivity contribution in [3.8, 4) is 0 Å². The second-order valence-corrected chi connectivity index (χ2v) is 2.23. The molecular formula is C8H14O2. The normalized spacial score (nSPS) is 12.6. The number of aliphatic hydroxyl groups excluding tert-OH is 2. The second kappa shape index (κ2) is 5.21. The highest BCUT2D eigenvalue weighted by molar-refractivity contribution is 4.99. The van der Waals surface area contributed by atoms with E-state index in [2.05, 4.69) is 13.2 Å². The van der Waals surface area contributed by atoms with E-state index >= 15 is 0 Å². The largest absolute Gasteiger partial charge is 0.396 e. The monoisotopic (exact) mass is 142 g/mol. The zero-order chi connectivity index (χ0) is 7.98. The molecule has 2 N–H and O–H groups in total. The third kappa shape index (κ3) is 4.30. The van der Waals surface area contributed by atoms with Crippen LogP contribution in [0.4, 0.5) is 0 Å². The zero-order valence-electron chi connectivity index (χ0n) is 6.08. The third-order valence-electron chi connectivity index (χ3n) is 1.24. The molecule has 0 spiro atoms. The second-order valence-electron chi connectivity index (χ2n) is 2.23. The summed E-state index contributed by atoms with van der Waals surface area (Å²) in [6.45, 7) is 7.18. The van der Waals surface area contributed by atoms with E-state index in [9.17, 15) is 0 Å². The van der Waals surface area contributed by atoms with E-state index in [1.807, 2.05) is 0 Å². The average Bonchev–Trinajstić information content (AvgIpc) is 1.88. The molecule has 10 heavy (non-hydrogen) atoms. The van der Waals surface area contributed by atoms with Crippen LogP contribution in [0.15, 0.2) is 24.8 Å². The maximum atomic E-state index is 8.99. The topological polar surface area (TPSA) is 40.5 Å². The molecule has 0 rings (SSSR count). The zero-order valence-corrected chi connectivity index (χ0v) is 6.08. The van der Waals surface area contributed by atoms with Gasteiger partial charge in [0, 0.05) is 6.61 Å². The van der Waals surface area contributed by atoms with Gasteiger partial charge in [0.05, 0.1) is 6.10 Å². The van der Waals surface area contributed by atoms with Crippen LogP contribution in [0, 0.1) is 0 Å². The first kappa shape index (κ1) is 9.40. The predicted molar refractivity (Wildman–Crippen MR) is 41.7 cm³/mol. The highest BCUT2D eigenvalue weighted by atomic mass is 16.3. The van der Waals surface area contributed by atoms with Gasteiger partial charge >= 0.3 is 0 Å². The fourth-order valence-electron chi connectivity index (χ4n) is 0.639. The lowest BCUT2D eigenvalue weighted by Crippen LogP contribution is -2.03. The van der Waals surface area contributed by atoms with E-state index in [0.717, 1.165) is 5.57 Å². The SMILES string of the molecule is C=CC(O)CC(=C)CCO. The van der Waals surface area contributed by atoms with Gasteiger partial charge in [0.25, 0.3) is 0 Å². The Morgan fingerprint density at radius 1 is 1.60 bits per heavy atom. The van der Waals surface area contributed by atoms with Crippen LogP contribution in [0.3, 0.4) is 0 Å². The molecule has 0 radical (unpaired) electrons. The van der Waals surface area contributed by atoms with Crippen molar-refractivity contribution in [3.63, 3.8) is 0 Å². The maximum Gasteiger partial charge on any atom is 0.0755 e. The molecule has 0 heterocycles. The van der Waals surface area contributed by atoms with Gasteiger partial charge in [0.2, 0.25) is 0 Å². The quantitative estimate of drug-likeness (QED) is 0.559. The van der Waals surface area contributed by atoms with Gasteiger partial charge in [-0.1, -0.05) is 18.2 Å². The number of rotatable bonds is 5. The fourth-order valence-corrected chi connectivity index (χ4v) is 0.639. The van der Waals surface area contributed by atoms with E-state index in [1.165, 1.54) is 6.08 Å². The summed E-state index contributed by atoms with van der Waals surface area (Å²) < 4.78 is 0. The van der Waals surface area contributed by atoms with Gasteiger partial charge in [0.1, 0.15) is 0 Å². The van der Waals surface area contributed by atoms with Crippen LogP contribution < -0.4 is 0 Å². The molecule has 0 amide bonds. The van der Waals surface area contributed by atoms with Gasteiger partial charge in [0.15, 0.2) is 0 Å². The molecule has 0 aliphatic heterocycles. The molecule has 2 nitrogen and oxygen atoms in total. The van der Waals surface area contributed by atoms with Gasteiger partial charge in [-0.15, -0.1) is 6.58 Å². The minimum atomic E-state index is -0.515. The van der Waals surface area contributed by atoms with Gasteiger partial charge in [-0.25, -0.2) is 0 Å². The van der Waals surface area contributed by atoms with Crippen molar-refractivity contribution in [2.45, 2.75) is 18.9 Å². The Morgan fingerprint density at radius 3 is 2.60 bits per heavy atom. The average molecular weight is 142 g/mol. The van der Waals surface area contributed by atoms with Crippen molar-refractivity contribution in [2.24, 2.45) is 0 Å². The lowest BCUT2D eigenvalue weighted by molar-refractivity contribution is 0.219. The Bertz CT molecular complexity index is 118. The fraction of sp³-hybridized carbons (Fsp3) is 0.500. The van der Waals surface area contributed by atoms with Crippen molar-refractivity contribution < 1.29 is 10.2 Å². The molecule has 58 valence electrons. The number of hydrogen-bond donors (Lipinski definition) is 2. The smallest absolute Gasteiger partial charge is 0.0755 e. The number of hydrogen-bond acceptors (Lipinski definition) is 2. The van der Waals surface area contributed by atoms with Crippen LogP contribution in [0.25, 0.3) is 0 Å². The Hall–Kier alpha value is -0.600. The highest BCUT2D eigenvalue weighted by Gasteiger charge is 1.99. The molecular weight excluding hydrogens is 128 g/mol. The summed E-state index contributed by atoms with van der Waals surface area (Å²) in [7, 11) is 0. The Labute approximate surface area is 61.5 Å². The minimum Gasteiger partial charge on any atom is -0.396 e. The molecule has 0 aromatic carbocycles. The Morgan fingerprint density at radius 2 is 2.20 bits per heavy atom. The molecule has 2 heteroatoms. The summed E-state index contributed by atoms with van der Waals surface area (Å²) in [5.41, 5.74) is 0.856. The van der Waals surface area contributed by atoms with E-state index < -0.39 is 6.10 Å². The molecule has 0 bridgehead atoms. The molecule has 0 fully saturated rings. The van der Waals surface area contributed by atoms with Gasteiger partial charge in [-0.3, -0.25) is 0 Å². The van der Waals surface area contributed by atoms with E-state index in [4.69, 9.17) is 10.2 Å². The molecule has 1 unspecified atom stereocenters. The van der Waals surface area contributed by atoms with E-state index in [1.54, 1.807) is 0 Å². The van der Waals surface area contributed by atoms with Crippen LogP contribution in [0.5, 0.6) is 0 Å². The van der Waals surface area contributed by atoms with Gasteiger partial charge < -0.3 is 10.2 Å². The van der Waals surface area contributed by atoms with Gasteiger partial charge in [-0.2, -0.15) is 0 Å². The maximum absolute atomic E-state index is 8.99. The molecule has 0 aliphatic rings. The summed E-state index contributed by atoms with van der Waals surface area (Å²) in [4.78, 5) is 0. The van der Waals surface area contributed by atoms with Crippen molar-refractivity contribution in [3.05, 3.63) is 24.8 Å². The first-order valence-corrected chi connectivity index (χ1v) is 3.28. The third-order valence-corrected chi connectivity index (χ3v) is 1.24. The first-order chi connectivity index (χ1) is 4.70. The van der Waals surface area contributed by atoms with E-state index in [-0.39, 0.29) is 6.61 Å². The summed E-state index contributed by atoms with van der Waals surface area (Å²) >= 11 is 0. The van der Waals surface area contributed by atoms with Crippen LogP contribution in [0.2, 0.25) is 0 Å². The van der Waals surface area contributed by atoms with Crippen molar-refractivity contribution in [1.82, 2.24) is 0 Å². The summed E-state index contributed by atoms with van der Waals surface area (Å²) in [6.07, 6.45) is 2.01. The summed E-state index contributed by atoms with van der Waals surface area (Å²) in [5.74, 6) is 0. The van der Waals surface area contributed by atoms with Crippen LogP contribution in [-0.4, -0.2) is 22.9 Å². The predicted octanol–water partition coefficient (Wildman–Crippen LogP) is 0.862. The standard InChI is InChI=1S/C8H14O2/c1-3-8(10)6-7(2)4-5-9/h3,8-10H,1-2,4-6H2. The minimum absolute atomic E-state index is 0.0999.